The zero-order chi connectivity index (χ0) is 12.7. The van der Waals surface area contributed by atoms with E-state index < -0.39 is 0 Å². The third kappa shape index (κ3) is 6.20. The molecule has 1 rings (SSSR count). The van der Waals surface area contributed by atoms with Crippen LogP contribution in [-0.2, 0) is 19.3 Å². The second kappa shape index (κ2) is 7.21. The zero-order valence-electron chi connectivity index (χ0n) is 10.3. The largest absolute Gasteiger partial charge is 0.368 e. The Balaban J connectivity index is 2.45. The molecule has 1 fully saturated rings. The van der Waals surface area contributed by atoms with Crippen LogP contribution in [0.3, 0.4) is 0 Å². The summed E-state index contributed by atoms with van der Waals surface area (Å²) >= 11 is 0. The van der Waals surface area contributed by atoms with Crippen molar-refractivity contribution in [3.05, 3.63) is 0 Å². The van der Waals surface area contributed by atoms with Gasteiger partial charge in [0.25, 0.3) is 0 Å². The minimum absolute atomic E-state index is 0.344. The molecular formula is C10H19N3O4. The summed E-state index contributed by atoms with van der Waals surface area (Å²) < 4.78 is 0. The van der Waals surface area contributed by atoms with E-state index in [1.807, 2.05) is 0 Å². The lowest BCUT2D eigenvalue weighted by atomic mass is 10.5. The van der Waals surface area contributed by atoms with Crippen LogP contribution in [-0.4, -0.2) is 61.3 Å². The molecule has 1 N–H and O–H groups in total. The van der Waals surface area contributed by atoms with Crippen LogP contribution in [0, 0.1) is 0 Å². The molecule has 7 nitrogen and oxygen atoms in total. The standard InChI is InChI=1S/C10H19N3O4/c1-9(14)16-12-5-3-11-4-6-13(8-7-12)17-10(2)15/h11H,3-8H2,1-2H3. The molecule has 0 radical (unpaired) electrons. The van der Waals surface area contributed by atoms with Crippen molar-refractivity contribution >= 4 is 11.9 Å². The fourth-order valence-corrected chi connectivity index (χ4v) is 1.53. The molecule has 0 unspecified atom stereocenters. The lowest BCUT2D eigenvalue weighted by molar-refractivity contribution is -0.203. The number of carbonyl (C=O) groups is 2. The molecule has 1 aliphatic rings. The van der Waals surface area contributed by atoms with E-state index in [-0.39, 0.29) is 11.9 Å². The summed E-state index contributed by atoms with van der Waals surface area (Å²) in [7, 11) is 0. The normalized spacial score (nSPS) is 19.9. The van der Waals surface area contributed by atoms with Gasteiger partial charge < -0.3 is 15.0 Å². The lowest BCUT2D eigenvalue weighted by Gasteiger charge is -2.23. The van der Waals surface area contributed by atoms with Gasteiger partial charge in [-0.05, 0) is 0 Å². The highest BCUT2D eigenvalue weighted by Crippen LogP contribution is 1.98. The van der Waals surface area contributed by atoms with Crippen LogP contribution >= 0.6 is 0 Å². The van der Waals surface area contributed by atoms with Gasteiger partial charge in [0.1, 0.15) is 0 Å². The molecule has 0 amide bonds. The Morgan fingerprint density at radius 1 is 0.882 bits per heavy atom. The van der Waals surface area contributed by atoms with Crippen molar-refractivity contribution in [1.29, 1.82) is 0 Å². The van der Waals surface area contributed by atoms with Gasteiger partial charge in [0.15, 0.2) is 0 Å². The molecule has 0 aromatic rings. The molecular weight excluding hydrogens is 226 g/mol. The molecule has 1 aliphatic heterocycles. The van der Waals surface area contributed by atoms with Crippen molar-refractivity contribution in [1.82, 2.24) is 15.4 Å². The van der Waals surface area contributed by atoms with E-state index in [1.54, 1.807) is 10.1 Å². The fourth-order valence-electron chi connectivity index (χ4n) is 1.53. The number of nitrogens with one attached hydrogen (secondary N) is 1. The van der Waals surface area contributed by atoms with Crippen LogP contribution in [0.1, 0.15) is 13.8 Å². The Morgan fingerprint density at radius 2 is 1.29 bits per heavy atom. The monoisotopic (exact) mass is 245 g/mol. The summed E-state index contributed by atoms with van der Waals surface area (Å²) in [6.07, 6.45) is 0. The van der Waals surface area contributed by atoms with Gasteiger partial charge in [-0.25, -0.2) is 0 Å². The fraction of sp³-hybridized carbons (Fsp3) is 0.800. The minimum atomic E-state index is -0.344. The number of hydrogen-bond acceptors (Lipinski definition) is 7. The minimum Gasteiger partial charge on any atom is -0.368 e. The first-order chi connectivity index (χ1) is 8.08. The lowest BCUT2D eigenvalue weighted by Crippen LogP contribution is -2.37. The van der Waals surface area contributed by atoms with Crippen molar-refractivity contribution in [3.63, 3.8) is 0 Å². The van der Waals surface area contributed by atoms with E-state index >= 15 is 0 Å². The van der Waals surface area contributed by atoms with E-state index in [9.17, 15) is 9.59 Å². The van der Waals surface area contributed by atoms with Crippen LogP contribution in [0.15, 0.2) is 0 Å². The topological polar surface area (TPSA) is 71.1 Å². The van der Waals surface area contributed by atoms with Gasteiger partial charge in [0.2, 0.25) is 0 Å². The molecule has 0 atom stereocenters. The molecule has 0 saturated carbocycles. The molecule has 0 bridgehead atoms. The number of rotatable bonds is 2. The maximum absolute atomic E-state index is 10.9. The summed E-state index contributed by atoms with van der Waals surface area (Å²) in [4.78, 5) is 31.8. The summed E-state index contributed by atoms with van der Waals surface area (Å²) in [6.45, 7) is 6.43. The van der Waals surface area contributed by atoms with Gasteiger partial charge in [0, 0.05) is 40.0 Å². The van der Waals surface area contributed by atoms with E-state index in [1.165, 1.54) is 13.8 Å². The van der Waals surface area contributed by atoms with Crippen LogP contribution in [0.4, 0.5) is 0 Å². The van der Waals surface area contributed by atoms with E-state index in [4.69, 9.17) is 9.68 Å². The number of hydroxylamine groups is 4. The van der Waals surface area contributed by atoms with Gasteiger partial charge in [-0.3, -0.25) is 9.59 Å². The van der Waals surface area contributed by atoms with Crippen LogP contribution in [0.5, 0.6) is 0 Å². The third-order valence-corrected chi connectivity index (χ3v) is 2.19. The quantitative estimate of drug-likeness (QED) is 0.679. The first-order valence-electron chi connectivity index (χ1n) is 5.65. The maximum Gasteiger partial charge on any atom is 0.322 e. The Hall–Kier alpha value is -1.18. The molecule has 17 heavy (non-hydrogen) atoms. The second-order valence-corrected chi connectivity index (χ2v) is 3.77. The predicted molar refractivity (Wildman–Crippen MR) is 59.5 cm³/mol. The van der Waals surface area contributed by atoms with Crippen molar-refractivity contribution in [2.24, 2.45) is 0 Å². The SMILES string of the molecule is CC(=O)ON1CCNCCN(OC(C)=O)CC1. The van der Waals surface area contributed by atoms with Crippen molar-refractivity contribution < 1.29 is 19.3 Å². The van der Waals surface area contributed by atoms with Crippen LogP contribution in [0.2, 0.25) is 0 Å². The predicted octanol–water partition coefficient (Wildman–Crippen LogP) is -0.850. The summed E-state index contributed by atoms with van der Waals surface area (Å²) in [5, 5.41) is 6.30. The molecule has 1 heterocycles. The van der Waals surface area contributed by atoms with Gasteiger partial charge in [-0.1, -0.05) is 0 Å². The van der Waals surface area contributed by atoms with Crippen molar-refractivity contribution in [3.8, 4) is 0 Å². The number of carbonyl (C=O) groups excluding carboxylic acids is 2. The highest BCUT2D eigenvalue weighted by Gasteiger charge is 2.15. The highest BCUT2D eigenvalue weighted by molar-refractivity contribution is 5.65. The van der Waals surface area contributed by atoms with Crippen LogP contribution in [0.25, 0.3) is 0 Å². The summed E-state index contributed by atoms with van der Waals surface area (Å²) in [5.74, 6) is -0.688. The van der Waals surface area contributed by atoms with Gasteiger partial charge >= 0.3 is 11.9 Å². The summed E-state index contributed by atoms with van der Waals surface area (Å²) in [5.41, 5.74) is 0. The number of hydrogen-bond donors (Lipinski definition) is 1. The van der Waals surface area contributed by atoms with Crippen LogP contribution < -0.4 is 5.32 Å². The van der Waals surface area contributed by atoms with E-state index in [0.717, 1.165) is 13.1 Å². The van der Waals surface area contributed by atoms with Gasteiger partial charge in [0.05, 0.1) is 13.1 Å². The zero-order valence-corrected chi connectivity index (χ0v) is 10.3. The molecule has 0 aromatic carbocycles. The van der Waals surface area contributed by atoms with E-state index in [0.29, 0.717) is 26.2 Å². The number of nitrogens with zero attached hydrogens (tertiary/aromatic N) is 2. The highest BCUT2D eigenvalue weighted by atomic mass is 16.7. The molecule has 0 spiro atoms. The molecule has 98 valence electrons. The Morgan fingerprint density at radius 3 is 1.65 bits per heavy atom. The van der Waals surface area contributed by atoms with Crippen molar-refractivity contribution in [2.45, 2.75) is 13.8 Å². The Labute approximate surface area is 101 Å². The Kier molecular flexibility index (Phi) is 5.88. The average Bonchev–Trinajstić information content (AvgIpc) is 2.31. The van der Waals surface area contributed by atoms with E-state index in [2.05, 4.69) is 5.32 Å². The smallest absolute Gasteiger partial charge is 0.322 e. The van der Waals surface area contributed by atoms with Gasteiger partial charge in [-0.15, -0.1) is 10.1 Å². The molecule has 0 aromatic heterocycles. The first kappa shape index (κ1) is 13.9. The average molecular weight is 245 g/mol. The molecule has 0 aliphatic carbocycles. The maximum atomic E-state index is 10.9. The first-order valence-corrected chi connectivity index (χ1v) is 5.65. The van der Waals surface area contributed by atoms with Gasteiger partial charge in [-0.2, -0.15) is 0 Å². The van der Waals surface area contributed by atoms with Crippen molar-refractivity contribution in [2.75, 3.05) is 39.3 Å². The molecule has 7 heteroatoms. The summed E-state index contributed by atoms with van der Waals surface area (Å²) in [6, 6.07) is 0. The second-order valence-electron chi connectivity index (χ2n) is 3.77. The third-order valence-electron chi connectivity index (χ3n) is 2.19. The Bertz CT molecular complexity index is 246. The molecule has 1 saturated heterocycles.